The first-order valence-corrected chi connectivity index (χ1v) is 16.0. The minimum atomic E-state index is -0.117. The first kappa shape index (κ1) is 26.3. The number of para-hydroxylation sites is 1. The van der Waals surface area contributed by atoms with Gasteiger partial charge in [-0.2, -0.15) is 0 Å². The van der Waals surface area contributed by atoms with E-state index in [1.165, 1.54) is 77.4 Å². The van der Waals surface area contributed by atoms with Crippen molar-refractivity contribution in [2.45, 2.75) is 38.5 Å². The molecule has 0 aliphatic heterocycles. The maximum Gasteiger partial charge on any atom is 0.0546 e. The van der Waals surface area contributed by atoms with Crippen LogP contribution in [0.4, 0.5) is 17.1 Å². The van der Waals surface area contributed by atoms with E-state index in [1.807, 2.05) is 0 Å². The van der Waals surface area contributed by atoms with Crippen molar-refractivity contribution >= 4 is 38.6 Å². The van der Waals surface area contributed by atoms with Crippen molar-refractivity contribution in [1.29, 1.82) is 0 Å². The van der Waals surface area contributed by atoms with Crippen LogP contribution in [0.3, 0.4) is 0 Å². The number of rotatable bonds is 3. The first-order chi connectivity index (χ1) is 21.9. The van der Waals surface area contributed by atoms with Gasteiger partial charge in [0.25, 0.3) is 0 Å². The van der Waals surface area contributed by atoms with Crippen LogP contribution in [0.1, 0.15) is 49.9 Å². The molecule has 0 radical (unpaired) electrons. The van der Waals surface area contributed by atoms with Crippen LogP contribution in [0.5, 0.6) is 0 Å². The Hall–Kier alpha value is -5.14. The maximum absolute atomic E-state index is 2.48. The molecule has 0 N–H and O–H groups in total. The Balaban J connectivity index is 1.36. The van der Waals surface area contributed by atoms with Gasteiger partial charge in [0.1, 0.15) is 0 Å². The zero-order chi connectivity index (χ0) is 30.5. The highest BCUT2D eigenvalue weighted by atomic mass is 15.1. The molecule has 0 amide bonds. The Bertz CT molecular complexity index is 2320. The fraction of sp³-hybridized carbons (Fsp3) is 0.136. The molecule has 0 aromatic heterocycles. The lowest BCUT2D eigenvalue weighted by atomic mass is 9.79. The standard InChI is InChI=1S/C44H35N/c1-43(2)37-21-13-12-18-32(37)33-24-23-30(26-39(33)43)45(29-15-6-5-7-16-29)40-27-36-41-31-17-9-8-14-28(31)22-25-38(41)44(3,4)42(36)35-20-11-10-19-34(35)40/h5-27H,1-4H3. The normalized spacial score (nSPS) is 15.0. The average Bonchev–Trinajstić information content (AvgIpc) is 3.45. The van der Waals surface area contributed by atoms with Crippen molar-refractivity contribution in [3.63, 3.8) is 0 Å². The molecule has 1 nitrogen and oxygen atoms in total. The van der Waals surface area contributed by atoms with E-state index < -0.39 is 0 Å². The van der Waals surface area contributed by atoms with E-state index >= 15 is 0 Å². The molecule has 2 aliphatic rings. The molecule has 9 rings (SSSR count). The molecule has 0 fully saturated rings. The number of hydrogen-bond donors (Lipinski definition) is 0. The van der Waals surface area contributed by atoms with E-state index in [4.69, 9.17) is 0 Å². The molecular weight excluding hydrogens is 542 g/mol. The Morgan fingerprint density at radius 3 is 1.91 bits per heavy atom. The topological polar surface area (TPSA) is 3.24 Å². The van der Waals surface area contributed by atoms with E-state index in [0.29, 0.717) is 0 Å². The summed E-state index contributed by atoms with van der Waals surface area (Å²) >= 11 is 0. The smallest absolute Gasteiger partial charge is 0.0546 e. The molecule has 7 aromatic carbocycles. The van der Waals surface area contributed by atoms with Crippen molar-refractivity contribution in [3.8, 4) is 22.3 Å². The second-order valence-corrected chi connectivity index (χ2v) is 13.8. The van der Waals surface area contributed by atoms with Crippen molar-refractivity contribution in [3.05, 3.63) is 162 Å². The van der Waals surface area contributed by atoms with Crippen LogP contribution in [0, 0.1) is 0 Å². The molecule has 0 unspecified atom stereocenters. The van der Waals surface area contributed by atoms with Gasteiger partial charge in [0.05, 0.1) is 5.69 Å². The van der Waals surface area contributed by atoms with Gasteiger partial charge in [0.15, 0.2) is 0 Å². The van der Waals surface area contributed by atoms with Crippen molar-refractivity contribution in [2.24, 2.45) is 0 Å². The van der Waals surface area contributed by atoms with Gasteiger partial charge >= 0.3 is 0 Å². The number of anilines is 3. The molecule has 216 valence electrons. The lowest BCUT2D eigenvalue weighted by Crippen LogP contribution is -2.17. The molecule has 1 heteroatoms. The second kappa shape index (κ2) is 9.19. The van der Waals surface area contributed by atoms with Gasteiger partial charge in [0.2, 0.25) is 0 Å². The van der Waals surface area contributed by atoms with Crippen LogP contribution in [0.15, 0.2) is 140 Å². The van der Waals surface area contributed by atoms with E-state index in [1.54, 1.807) is 0 Å². The van der Waals surface area contributed by atoms with E-state index in [0.717, 1.165) is 5.69 Å². The molecule has 0 saturated carbocycles. The van der Waals surface area contributed by atoms with Gasteiger partial charge in [-0.1, -0.05) is 137 Å². The molecule has 0 spiro atoms. The summed E-state index contributed by atoms with van der Waals surface area (Å²) in [4.78, 5) is 2.48. The van der Waals surface area contributed by atoms with Crippen LogP contribution in [-0.4, -0.2) is 0 Å². The Morgan fingerprint density at radius 2 is 1.09 bits per heavy atom. The summed E-state index contributed by atoms with van der Waals surface area (Å²) in [5.41, 5.74) is 14.4. The first-order valence-electron chi connectivity index (χ1n) is 16.0. The third kappa shape index (κ3) is 3.56. The third-order valence-corrected chi connectivity index (χ3v) is 10.6. The minimum absolute atomic E-state index is 0.0772. The monoisotopic (exact) mass is 577 g/mol. The summed E-state index contributed by atoms with van der Waals surface area (Å²) in [7, 11) is 0. The molecule has 0 heterocycles. The molecule has 2 aliphatic carbocycles. The average molecular weight is 578 g/mol. The van der Waals surface area contributed by atoms with Crippen molar-refractivity contribution in [2.75, 3.05) is 4.90 Å². The number of nitrogens with zero attached hydrogens (tertiary/aromatic N) is 1. The van der Waals surface area contributed by atoms with Gasteiger partial charge < -0.3 is 4.90 Å². The third-order valence-electron chi connectivity index (χ3n) is 10.6. The zero-order valence-electron chi connectivity index (χ0n) is 26.2. The molecule has 0 bridgehead atoms. The summed E-state index contributed by atoms with van der Waals surface area (Å²) in [6.45, 7) is 9.52. The van der Waals surface area contributed by atoms with Crippen molar-refractivity contribution in [1.82, 2.24) is 0 Å². The quantitative estimate of drug-likeness (QED) is 0.202. The molecular formula is C44H35N. The fourth-order valence-electron chi connectivity index (χ4n) is 8.46. The largest absolute Gasteiger partial charge is 0.310 e. The highest BCUT2D eigenvalue weighted by Crippen LogP contribution is 2.57. The Kier molecular flexibility index (Phi) is 5.37. The molecule has 45 heavy (non-hydrogen) atoms. The van der Waals surface area contributed by atoms with Crippen molar-refractivity contribution < 1.29 is 0 Å². The number of benzene rings is 7. The number of fused-ring (bicyclic) bond motifs is 10. The van der Waals surface area contributed by atoms with E-state index in [9.17, 15) is 0 Å². The second-order valence-electron chi connectivity index (χ2n) is 13.8. The predicted molar refractivity (Wildman–Crippen MR) is 191 cm³/mol. The summed E-state index contributed by atoms with van der Waals surface area (Å²) in [6.07, 6.45) is 0. The lowest BCUT2D eigenvalue weighted by molar-refractivity contribution is 0.660. The Labute approximate surface area is 265 Å². The van der Waals surface area contributed by atoms with Gasteiger partial charge in [-0.25, -0.2) is 0 Å². The summed E-state index contributed by atoms with van der Waals surface area (Å²) in [5, 5.41) is 5.21. The zero-order valence-corrected chi connectivity index (χ0v) is 26.2. The summed E-state index contributed by atoms with van der Waals surface area (Å²) < 4.78 is 0. The summed E-state index contributed by atoms with van der Waals surface area (Å²) in [5.74, 6) is 0. The van der Waals surface area contributed by atoms with Crippen LogP contribution in [0.2, 0.25) is 0 Å². The minimum Gasteiger partial charge on any atom is -0.310 e. The highest BCUT2D eigenvalue weighted by Gasteiger charge is 2.40. The maximum atomic E-state index is 2.48. The van der Waals surface area contributed by atoms with Crippen LogP contribution in [0.25, 0.3) is 43.8 Å². The predicted octanol–water partition coefficient (Wildman–Crippen LogP) is 12.1. The van der Waals surface area contributed by atoms with Gasteiger partial charge in [-0.15, -0.1) is 0 Å². The van der Waals surface area contributed by atoms with E-state index in [-0.39, 0.29) is 10.8 Å². The van der Waals surface area contributed by atoms with Gasteiger partial charge in [-0.3, -0.25) is 0 Å². The lowest BCUT2D eigenvalue weighted by Gasteiger charge is -2.30. The van der Waals surface area contributed by atoms with Crippen LogP contribution < -0.4 is 4.90 Å². The van der Waals surface area contributed by atoms with Gasteiger partial charge in [0, 0.05) is 27.6 Å². The molecule has 0 atom stereocenters. The summed E-state index contributed by atoms with van der Waals surface area (Å²) in [6, 6.07) is 51.9. The molecule has 7 aromatic rings. The Morgan fingerprint density at radius 1 is 0.422 bits per heavy atom. The SMILES string of the molecule is CC1(C)c2ccccc2-c2ccc(N(c3ccccc3)c3cc4c(c5ccccc35)C(C)(C)c3ccc5ccccc5c3-4)cc21. The van der Waals surface area contributed by atoms with Crippen LogP contribution >= 0.6 is 0 Å². The fourth-order valence-corrected chi connectivity index (χ4v) is 8.46. The van der Waals surface area contributed by atoms with Crippen LogP contribution in [-0.2, 0) is 10.8 Å². The molecule has 0 saturated heterocycles. The highest BCUT2D eigenvalue weighted by molar-refractivity contribution is 6.11. The van der Waals surface area contributed by atoms with Gasteiger partial charge in [-0.05, 0) is 91.0 Å². The number of hydrogen-bond acceptors (Lipinski definition) is 1. The van der Waals surface area contributed by atoms with E-state index in [2.05, 4.69) is 172 Å².